The molecular weight excluding hydrogens is 224 g/mol. The van der Waals surface area contributed by atoms with Gasteiger partial charge in [0.15, 0.2) is 11.6 Å². The average Bonchev–Trinajstić information content (AvgIpc) is 2.66. The van der Waals surface area contributed by atoms with Crippen LogP contribution in [-0.2, 0) is 0 Å². The summed E-state index contributed by atoms with van der Waals surface area (Å²) >= 11 is 0. The fourth-order valence-electron chi connectivity index (χ4n) is 2.72. The van der Waals surface area contributed by atoms with E-state index in [2.05, 4.69) is 30.6 Å². The van der Waals surface area contributed by atoms with Crippen LogP contribution in [0.2, 0.25) is 0 Å². The summed E-state index contributed by atoms with van der Waals surface area (Å²) in [5, 5.41) is 0. The van der Waals surface area contributed by atoms with Crippen LogP contribution in [0.3, 0.4) is 0 Å². The van der Waals surface area contributed by atoms with Crippen LogP contribution in [0.1, 0.15) is 20.8 Å². The Morgan fingerprint density at radius 2 is 1.39 bits per heavy atom. The maximum Gasteiger partial charge on any atom is 0.174 e. The van der Waals surface area contributed by atoms with Crippen LogP contribution < -0.4 is 9.80 Å². The number of nitrogens with zero attached hydrogens (tertiary/aromatic N) is 4. The van der Waals surface area contributed by atoms with E-state index in [0.29, 0.717) is 6.17 Å². The highest BCUT2D eigenvalue weighted by Gasteiger charge is 2.33. The third kappa shape index (κ3) is 1.45. The van der Waals surface area contributed by atoms with Crippen LogP contribution in [0.15, 0.2) is 24.3 Å². The summed E-state index contributed by atoms with van der Waals surface area (Å²) in [4.78, 5) is 14.2. The molecule has 18 heavy (non-hydrogen) atoms. The van der Waals surface area contributed by atoms with Gasteiger partial charge in [0, 0.05) is 13.1 Å². The summed E-state index contributed by atoms with van der Waals surface area (Å²) in [5.41, 5.74) is 1.94. The van der Waals surface area contributed by atoms with Gasteiger partial charge in [-0.15, -0.1) is 0 Å². The molecular formula is C14H18N4. The lowest BCUT2D eigenvalue weighted by atomic mass is 10.3. The van der Waals surface area contributed by atoms with Gasteiger partial charge in [-0.05, 0) is 32.9 Å². The molecule has 0 saturated heterocycles. The summed E-state index contributed by atoms with van der Waals surface area (Å²) in [6, 6.07) is 8.07. The van der Waals surface area contributed by atoms with Crippen molar-refractivity contribution in [3.05, 3.63) is 24.3 Å². The molecule has 4 heteroatoms. The Balaban J connectivity index is 2.23. The summed E-state index contributed by atoms with van der Waals surface area (Å²) < 4.78 is 0. The maximum absolute atomic E-state index is 4.78. The van der Waals surface area contributed by atoms with Gasteiger partial charge in [-0.1, -0.05) is 12.1 Å². The van der Waals surface area contributed by atoms with E-state index in [4.69, 9.17) is 9.97 Å². The van der Waals surface area contributed by atoms with Crippen molar-refractivity contribution in [1.29, 1.82) is 0 Å². The topological polar surface area (TPSA) is 32.3 Å². The number of fused-ring (bicyclic) bond motifs is 2. The van der Waals surface area contributed by atoms with Gasteiger partial charge in [-0.25, -0.2) is 9.97 Å². The largest absolute Gasteiger partial charge is 0.334 e. The Kier molecular flexibility index (Phi) is 2.58. The molecule has 1 aliphatic heterocycles. The van der Waals surface area contributed by atoms with Crippen molar-refractivity contribution in [3.8, 4) is 0 Å². The molecule has 94 valence electrons. The monoisotopic (exact) mass is 242 g/mol. The summed E-state index contributed by atoms with van der Waals surface area (Å²) in [5.74, 6) is 2.04. The molecule has 0 bridgehead atoms. The fraction of sp³-hybridized carbons (Fsp3) is 0.429. The lowest BCUT2D eigenvalue weighted by Gasteiger charge is -2.26. The number of aromatic nitrogens is 2. The predicted molar refractivity (Wildman–Crippen MR) is 75.0 cm³/mol. The van der Waals surface area contributed by atoms with Crippen molar-refractivity contribution in [2.24, 2.45) is 0 Å². The highest BCUT2D eigenvalue weighted by atomic mass is 15.5. The quantitative estimate of drug-likeness (QED) is 0.810. The summed E-state index contributed by atoms with van der Waals surface area (Å²) in [6.07, 6.45) is 0.340. The van der Waals surface area contributed by atoms with Gasteiger partial charge in [-0.2, -0.15) is 0 Å². The maximum atomic E-state index is 4.78. The standard InChI is InChI=1S/C14H18N4/c1-4-17-10(3)18(5-2)14-13(17)15-11-8-6-7-9-12(11)16-14/h6-10H,4-5H2,1-3H3. The molecule has 3 rings (SSSR count). The second kappa shape index (κ2) is 4.12. The fourth-order valence-corrected chi connectivity index (χ4v) is 2.72. The molecule has 0 amide bonds. The van der Waals surface area contributed by atoms with Gasteiger partial charge in [0.2, 0.25) is 0 Å². The molecule has 0 atom stereocenters. The van der Waals surface area contributed by atoms with Crippen molar-refractivity contribution < 1.29 is 0 Å². The zero-order valence-electron chi connectivity index (χ0n) is 11.1. The van der Waals surface area contributed by atoms with Crippen molar-refractivity contribution >= 4 is 22.7 Å². The Morgan fingerprint density at radius 1 is 0.944 bits per heavy atom. The van der Waals surface area contributed by atoms with Crippen LogP contribution >= 0.6 is 0 Å². The molecule has 0 saturated carbocycles. The second-order valence-electron chi connectivity index (χ2n) is 4.56. The van der Waals surface area contributed by atoms with Crippen LogP contribution in [0.4, 0.5) is 11.6 Å². The lowest BCUT2D eigenvalue weighted by Crippen LogP contribution is -2.40. The molecule has 0 N–H and O–H groups in total. The minimum atomic E-state index is 0.340. The van der Waals surface area contributed by atoms with E-state index in [1.54, 1.807) is 0 Å². The molecule has 0 aliphatic carbocycles. The molecule has 2 aromatic rings. The molecule has 1 aliphatic rings. The van der Waals surface area contributed by atoms with E-state index < -0.39 is 0 Å². The Labute approximate surface area is 107 Å². The average molecular weight is 242 g/mol. The number of hydrogen-bond acceptors (Lipinski definition) is 4. The number of anilines is 2. The molecule has 0 radical (unpaired) electrons. The van der Waals surface area contributed by atoms with Crippen LogP contribution in [0.25, 0.3) is 11.0 Å². The number of hydrogen-bond donors (Lipinski definition) is 0. The molecule has 0 spiro atoms. The van der Waals surface area contributed by atoms with Crippen molar-refractivity contribution in [3.63, 3.8) is 0 Å². The van der Waals surface area contributed by atoms with Crippen molar-refractivity contribution in [2.75, 3.05) is 22.9 Å². The second-order valence-corrected chi connectivity index (χ2v) is 4.56. The van der Waals surface area contributed by atoms with E-state index in [-0.39, 0.29) is 0 Å². The highest BCUT2D eigenvalue weighted by molar-refractivity contribution is 5.83. The zero-order valence-corrected chi connectivity index (χ0v) is 11.1. The third-order valence-corrected chi connectivity index (χ3v) is 3.66. The first-order chi connectivity index (χ1) is 8.76. The zero-order chi connectivity index (χ0) is 12.7. The summed E-state index contributed by atoms with van der Waals surface area (Å²) in [7, 11) is 0. The van der Waals surface area contributed by atoms with E-state index in [0.717, 1.165) is 35.8 Å². The smallest absolute Gasteiger partial charge is 0.174 e. The van der Waals surface area contributed by atoms with E-state index in [9.17, 15) is 0 Å². The van der Waals surface area contributed by atoms with Gasteiger partial charge in [0.05, 0.1) is 11.0 Å². The van der Waals surface area contributed by atoms with Crippen molar-refractivity contribution in [1.82, 2.24) is 9.97 Å². The highest BCUT2D eigenvalue weighted by Crippen LogP contribution is 2.36. The van der Waals surface area contributed by atoms with E-state index >= 15 is 0 Å². The first-order valence-corrected chi connectivity index (χ1v) is 6.56. The van der Waals surface area contributed by atoms with Gasteiger partial charge in [0.25, 0.3) is 0 Å². The van der Waals surface area contributed by atoms with Crippen LogP contribution in [-0.4, -0.2) is 29.2 Å². The number of benzene rings is 1. The van der Waals surface area contributed by atoms with Crippen LogP contribution in [0, 0.1) is 0 Å². The molecule has 1 aromatic heterocycles. The Bertz CT molecular complexity index is 531. The molecule has 0 unspecified atom stereocenters. The Hall–Kier alpha value is -1.84. The SMILES string of the molecule is CCN1c2nc3ccccc3nc2N(CC)C1C. The van der Waals surface area contributed by atoms with Gasteiger partial charge in [-0.3, -0.25) is 0 Å². The summed E-state index contributed by atoms with van der Waals surface area (Å²) in [6.45, 7) is 8.45. The number of para-hydroxylation sites is 2. The van der Waals surface area contributed by atoms with Crippen molar-refractivity contribution in [2.45, 2.75) is 26.9 Å². The molecule has 0 fully saturated rings. The van der Waals surface area contributed by atoms with Crippen LogP contribution in [0.5, 0.6) is 0 Å². The van der Waals surface area contributed by atoms with E-state index in [1.807, 2.05) is 24.3 Å². The van der Waals surface area contributed by atoms with Gasteiger partial charge in [0.1, 0.15) is 6.17 Å². The van der Waals surface area contributed by atoms with Gasteiger partial charge >= 0.3 is 0 Å². The molecule has 2 heterocycles. The minimum Gasteiger partial charge on any atom is -0.334 e. The first-order valence-electron chi connectivity index (χ1n) is 6.56. The lowest BCUT2D eigenvalue weighted by molar-refractivity contribution is 0.638. The van der Waals surface area contributed by atoms with Gasteiger partial charge < -0.3 is 9.80 Å². The predicted octanol–water partition coefficient (Wildman–Crippen LogP) is 2.64. The normalized spacial score (nSPS) is 15.5. The molecule has 1 aromatic carbocycles. The number of rotatable bonds is 2. The minimum absolute atomic E-state index is 0.340. The van der Waals surface area contributed by atoms with E-state index in [1.165, 1.54) is 0 Å². The molecule has 4 nitrogen and oxygen atoms in total. The Morgan fingerprint density at radius 3 is 1.78 bits per heavy atom. The third-order valence-electron chi connectivity index (χ3n) is 3.66. The first kappa shape index (κ1) is 11.3.